The molecule has 0 aromatic carbocycles. The van der Waals surface area contributed by atoms with Gasteiger partial charge in [-0.25, -0.2) is 9.40 Å². The normalized spacial score (nSPS) is 39.1. The van der Waals surface area contributed by atoms with Gasteiger partial charge in [-0.2, -0.15) is 0 Å². The molecule has 2 saturated carbocycles. The number of amides is 1. The van der Waals surface area contributed by atoms with Crippen molar-refractivity contribution in [2.24, 2.45) is 23.7 Å². The zero-order chi connectivity index (χ0) is 29.8. The fourth-order valence-electron chi connectivity index (χ4n) is 8.57. The Morgan fingerprint density at radius 3 is 2.27 bits per heavy atom. The number of halogens is 2. The van der Waals surface area contributed by atoms with Crippen molar-refractivity contribution < 1.29 is 14.0 Å². The molecule has 9 heteroatoms. The highest BCUT2D eigenvalue weighted by Crippen LogP contribution is 2.43. The van der Waals surface area contributed by atoms with Crippen LogP contribution in [0.3, 0.4) is 0 Å². The van der Waals surface area contributed by atoms with E-state index in [0.717, 1.165) is 57.7 Å². The summed E-state index contributed by atoms with van der Waals surface area (Å²) in [7, 11) is 0. The molecule has 0 spiro atoms. The maximum Gasteiger partial charge on any atom is 0.227 e. The largest absolute Gasteiger partial charge is 0.339 e. The summed E-state index contributed by atoms with van der Waals surface area (Å²) in [5, 5.41) is 9.93. The lowest BCUT2D eigenvalue weighted by molar-refractivity contribution is -0.144. The maximum absolute atomic E-state index is 14.1. The minimum atomic E-state index is -0.880. The first-order chi connectivity index (χ1) is 19.6. The number of fused-ring (bicyclic) bond motifs is 2. The van der Waals surface area contributed by atoms with Gasteiger partial charge >= 0.3 is 0 Å². The van der Waals surface area contributed by atoms with Gasteiger partial charge in [0, 0.05) is 67.1 Å². The van der Waals surface area contributed by atoms with Gasteiger partial charge in [0.2, 0.25) is 5.91 Å². The second-order valence-corrected chi connectivity index (χ2v) is 14.7. The monoisotopic (exact) mass is 639 g/mol. The number of carbonyl (C=O) groups excluding carboxylic acids is 2. The molecule has 3 saturated heterocycles. The molecule has 5 fully saturated rings. The highest BCUT2D eigenvalue weighted by atomic mass is 79.9. The molecule has 41 heavy (non-hydrogen) atoms. The van der Waals surface area contributed by atoms with E-state index in [0.29, 0.717) is 46.9 Å². The third-order valence-electron chi connectivity index (χ3n) is 10.8. The number of nitrogens with one attached hydrogen (secondary N) is 3. The van der Waals surface area contributed by atoms with E-state index in [9.17, 15) is 14.0 Å². The first kappa shape index (κ1) is 33.0. The number of nitrogens with zero attached hydrogens (tertiary/aromatic N) is 2. The molecule has 2 aliphatic carbocycles. The van der Waals surface area contributed by atoms with Crippen LogP contribution in [0.2, 0.25) is 0 Å². The predicted octanol–water partition coefficient (Wildman–Crippen LogP) is 5.31. The zero-order valence-corrected chi connectivity index (χ0v) is 27.6. The molecule has 8 atom stereocenters. The van der Waals surface area contributed by atoms with Crippen LogP contribution in [0.25, 0.3) is 0 Å². The lowest BCUT2D eigenvalue weighted by Gasteiger charge is -2.48. The van der Waals surface area contributed by atoms with Crippen molar-refractivity contribution in [1.82, 2.24) is 26.0 Å². The van der Waals surface area contributed by atoms with Crippen LogP contribution >= 0.6 is 15.9 Å². The lowest BCUT2D eigenvalue weighted by Crippen LogP contribution is -2.61. The molecule has 0 aromatic rings. The summed E-state index contributed by atoms with van der Waals surface area (Å²) < 4.78 is 11.3. The molecule has 7 unspecified atom stereocenters. The summed E-state index contributed by atoms with van der Waals surface area (Å²) in [4.78, 5) is 26.6. The number of alkyl halides is 1. The van der Waals surface area contributed by atoms with Crippen molar-refractivity contribution in [2.75, 3.05) is 13.2 Å². The molecule has 5 aliphatic rings. The van der Waals surface area contributed by atoms with Gasteiger partial charge in [-0.3, -0.25) is 25.6 Å². The van der Waals surface area contributed by atoms with E-state index in [4.69, 9.17) is 0 Å². The third kappa shape index (κ3) is 7.27. The second kappa shape index (κ2) is 14.7. The molecule has 0 aromatic heterocycles. The summed E-state index contributed by atoms with van der Waals surface area (Å²) in [6.07, 6.45) is 12.1. The van der Waals surface area contributed by atoms with Gasteiger partial charge in [-0.1, -0.05) is 56.6 Å². The van der Waals surface area contributed by atoms with Crippen molar-refractivity contribution in [3.63, 3.8) is 0 Å². The quantitative estimate of drug-likeness (QED) is 0.259. The van der Waals surface area contributed by atoms with Crippen LogP contribution in [0, 0.1) is 23.7 Å². The Hall–Kier alpha value is -0.870. The summed E-state index contributed by atoms with van der Waals surface area (Å²) in [5.41, 5.74) is 4.06. The molecule has 5 rings (SSSR count). The first-order valence-electron chi connectivity index (χ1n) is 16.4. The van der Waals surface area contributed by atoms with E-state index in [1.54, 1.807) is 0 Å². The van der Waals surface area contributed by atoms with Crippen molar-refractivity contribution >= 4 is 27.6 Å². The number of hydrazine groups is 1. The first-order valence-corrected chi connectivity index (χ1v) is 17.3. The van der Waals surface area contributed by atoms with Crippen LogP contribution in [0.15, 0.2) is 12.4 Å². The Labute approximate surface area is 256 Å². The van der Waals surface area contributed by atoms with E-state index in [2.05, 4.69) is 76.2 Å². The Morgan fingerprint density at radius 1 is 1.02 bits per heavy atom. The van der Waals surface area contributed by atoms with Gasteiger partial charge in [0.05, 0.1) is 5.92 Å². The highest BCUT2D eigenvalue weighted by Gasteiger charge is 2.53. The smallest absolute Gasteiger partial charge is 0.227 e. The van der Waals surface area contributed by atoms with E-state index < -0.39 is 11.6 Å². The molecule has 3 heterocycles. The molecule has 7 nitrogen and oxygen atoms in total. The molecular formula is C32H55BrFN5O2. The number of rotatable bonds is 7. The Bertz CT molecular complexity index is 901. The number of hydrogen-bond acceptors (Lipinski definition) is 6. The standard InChI is InChI=1S/C28H50BrN5O.C4H5FO/c1-5-7-22-25-23(6-2)33(28(35)20-12-13-21(29)27-26(20)30-16-31-27)15-14-24(25)34(32-22)19-10-8-18(9-11-19)17(3)4;1-3(5)4(2)6/h17-27,30-32H,5-16H2,1-4H3;1H2,2H3/t18?,19?,20?,21?,22?,23-,24?,25?,26?,27?;/m0./s1. The van der Waals surface area contributed by atoms with Gasteiger partial charge in [-0.05, 0) is 69.6 Å². The number of ketones is 1. The number of allylic oxidation sites excluding steroid dienone is 1. The summed E-state index contributed by atoms with van der Waals surface area (Å²) >= 11 is 3.87. The van der Waals surface area contributed by atoms with Crippen molar-refractivity contribution in [3.8, 4) is 0 Å². The average molecular weight is 641 g/mol. The zero-order valence-electron chi connectivity index (χ0n) is 26.0. The molecule has 1 amide bonds. The van der Waals surface area contributed by atoms with Crippen molar-refractivity contribution in [1.29, 1.82) is 0 Å². The summed E-state index contributed by atoms with van der Waals surface area (Å²) in [5.74, 6) is 1.31. The van der Waals surface area contributed by atoms with Crippen LogP contribution < -0.4 is 16.1 Å². The van der Waals surface area contributed by atoms with Crippen molar-refractivity contribution in [3.05, 3.63) is 12.4 Å². The Balaban J connectivity index is 0.000000585. The number of piperidine rings is 1. The minimum Gasteiger partial charge on any atom is -0.339 e. The number of carbonyl (C=O) groups is 2. The van der Waals surface area contributed by atoms with Gasteiger partial charge in [0.1, 0.15) is 0 Å². The van der Waals surface area contributed by atoms with Crippen LogP contribution in [-0.4, -0.2) is 75.9 Å². The van der Waals surface area contributed by atoms with Gasteiger partial charge in [0.25, 0.3) is 0 Å². The van der Waals surface area contributed by atoms with Crippen LogP contribution in [-0.2, 0) is 9.59 Å². The molecule has 0 bridgehead atoms. The summed E-state index contributed by atoms with van der Waals surface area (Å²) in [6, 6.07) is 2.74. The Morgan fingerprint density at radius 2 is 1.68 bits per heavy atom. The van der Waals surface area contributed by atoms with Gasteiger partial charge < -0.3 is 4.90 Å². The Kier molecular flexibility index (Phi) is 11.9. The molecular weight excluding hydrogens is 585 g/mol. The van der Waals surface area contributed by atoms with Crippen LogP contribution in [0.4, 0.5) is 4.39 Å². The maximum atomic E-state index is 14.1. The van der Waals surface area contributed by atoms with Gasteiger partial charge in [0.15, 0.2) is 11.6 Å². The average Bonchev–Trinajstić information content (AvgIpc) is 3.59. The predicted molar refractivity (Wildman–Crippen MR) is 167 cm³/mol. The van der Waals surface area contributed by atoms with Crippen molar-refractivity contribution in [2.45, 2.75) is 140 Å². The molecule has 234 valence electrons. The summed E-state index contributed by atoms with van der Waals surface area (Å²) in [6.45, 7) is 15.0. The SMILES string of the molecule is C=C(F)C(C)=O.CCCC1NN(C2CCC(C(C)C)CC2)C2CCN(C(=O)C3CCC(Br)C4NCNC34)[C@@H](CC)C12. The third-order valence-corrected chi connectivity index (χ3v) is 11.8. The fraction of sp³-hybridized carbons (Fsp3) is 0.875. The molecule has 0 radical (unpaired) electrons. The second-order valence-electron chi connectivity index (χ2n) is 13.5. The van der Waals surface area contributed by atoms with E-state index >= 15 is 0 Å². The highest BCUT2D eigenvalue weighted by molar-refractivity contribution is 9.09. The number of hydrogen-bond donors (Lipinski definition) is 3. The topological polar surface area (TPSA) is 76.7 Å². The minimum absolute atomic E-state index is 0.107. The van der Waals surface area contributed by atoms with Crippen LogP contribution in [0.1, 0.15) is 98.8 Å². The molecule has 3 N–H and O–H groups in total. The van der Waals surface area contributed by atoms with E-state index in [1.807, 2.05) is 0 Å². The van der Waals surface area contributed by atoms with Gasteiger partial charge in [-0.15, -0.1) is 0 Å². The van der Waals surface area contributed by atoms with Crippen LogP contribution in [0.5, 0.6) is 0 Å². The van der Waals surface area contributed by atoms with E-state index in [-0.39, 0.29) is 12.0 Å². The van der Waals surface area contributed by atoms with E-state index in [1.165, 1.54) is 38.5 Å². The number of Topliss-reactive ketones (excluding diaryl/α,β-unsaturated/α-hetero) is 1. The number of likely N-dealkylation sites (tertiary alicyclic amines) is 1. The lowest BCUT2D eigenvalue weighted by atomic mass is 9.75. The molecule has 3 aliphatic heterocycles. The fourth-order valence-corrected chi connectivity index (χ4v) is 9.35.